The number of amidine groups is 1. The van der Waals surface area contributed by atoms with Gasteiger partial charge in [0, 0.05) is 25.9 Å². The van der Waals surface area contributed by atoms with E-state index in [1.54, 1.807) is 16.7 Å². The first-order valence-electron chi connectivity index (χ1n) is 5.34. The number of likely N-dealkylation sites (N-methyl/N-ethyl adjacent to an activating group) is 1. The molecule has 0 aromatic carbocycles. The third-order valence-corrected chi connectivity index (χ3v) is 3.37. The van der Waals surface area contributed by atoms with E-state index in [1.165, 1.54) is 0 Å². The minimum Gasteiger partial charge on any atom is -0.353 e. The number of thioether (sulfide) groups is 1. The molecular formula is C10H19N3OS. The van der Waals surface area contributed by atoms with Crippen molar-refractivity contribution in [1.29, 1.82) is 0 Å². The van der Waals surface area contributed by atoms with E-state index in [2.05, 4.69) is 10.3 Å². The molecule has 0 bridgehead atoms. The average Bonchev–Trinajstić information content (AvgIpc) is 2.28. The zero-order valence-corrected chi connectivity index (χ0v) is 10.4. The number of nitrogens with zero attached hydrogens (tertiary/aromatic N) is 2. The maximum absolute atomic E-state index is 11.7. The standard InChI is InChI=1S/C10H19N3OS/c1-4-13(3)9(14)8(2)12-10-11-6-5-7-15-10/h8H,4-7H2,1-3H3,(H,11,12). The Morgan fingerprint density at radius 2 is 2.47 bits per heavy atom. The number of nitrogens with one attached hydrogen (secondary N) is 1. The van der Waals surface area contributed by atoms with Crippen molar-refractivity contribution in [2.75, 3.05) is 25.9 Å². The van der Waals surface area contributed by atoms with Crippen LogP contribution in [0.1, 0.15) is 20.3 Å². The van der Waals surface area contributed by atoms with Crippen molar-refractivity contribution in [3.8, 4) is 0 Å². The van der Waals surface area contributed by atoms with Gasteiger partial charge in [0.1, 0.15) is 6.04 Å². The first-order chi connectivity index (χ1) is 7.15. The number of aliphatic imine (C=N–C) groups is 1. The highest BCUT2D eigenvalue weighted by atomic mass is 32.2. The summed E-state index contributed by atoms with van der Waals surface area (Å²) in [5.41, 5.74) is 0. The Morgan fingerprint density at radius 1 is 1.73 bits per heavy atom. The van der Waals surface area contributed by atoms with Gasteiger partial charge in [-0.05, 0) is 20.3 Å². The molecule has 0 aliphatic carbocycles. The number of hydrogen-bond acceptors (Lipinski definition) is 4. The highest BCUT2D eigenvalue weighted by Crippen LogP contribution is 2.10. The number of amides is 1. The Hall–Kier alpha value is -0.710. The second kappa shape index (κ2) is 6.00. The molecule has 1 aliphatic rings. The van der Waals surface area contributed by atoms with Gasteiger partial charge in [0.05, 0.1) is 0 Å². The molecule has 1 heterocycles. The molecule has 1 rings (SSSR count). The lowest BCUT2D eigenvalue weighted by atomic mass is 10.3. The van der Waals surface area contributed by atoms with Gasteiger partial charge in [0.15, 0.2) is 5.17 Å². The van der Waals surface area contributed by atoms with Crippen LogP contribution in [0.2, 0.25) is 0 Å². The molecule has 1 atom stereocenters. The molecule has 0 saturated carbocycles. The lowest BCUT2D eigenvalue weighted by Gasteiger charge is -2.22. The van der Waals surface area contributed by atoms with Gasteiger partial charge in [-0.3, -0.25) is 9.79 Å². The number of rotatable bonds is 3. The van der Waals surface area contributed by atoms with E-state index >= 15 is 0 Å². The highest BCUT2D eigenvalue weighted by molar-refractivity contribution is 8.13. The summed E-state index contributed by atoms with van der Waals surface area (Å²) in [4.78, 5) is 17.8. The highest BCUT2D eigenvalue weighted by Gasteiger charge is 2.18. The van der Waals surface area contributed by atoms with Crippen molar-refractivity contribution in [3.05, 3.63) is 0 Å². The molecule has 0 spiro atoms. The van der Waals surface area contributed by atoms with Crippen molar-refractivity contribution >= 4 is 22.8 Å². The SMILES string of the molecule is CCN(C)C(=O)C(C)NC1=NCCCS1. The summed E-state index contributed by atoms with van der Waals surface area (Å²) in [5, 5.41) is 4.06. The van der Waals surface area contributed by atoms with Crippen LogP contribution in [-0.4, -0.2) is 47.9 Å². The maximum Gasteiger partial charge on any atom is 0.244 e. The van der Waals surface area contributed by atoms with E-state index < -0.39 is 0 Å². The molecule has 0 fully saturated rings. The van der Waals surface area contributed by atoms with E-state index in [9.17, 15) is 4.79 Å². The lowest BCUT2D eigenvalue weighted by Crippen LogP contribution is -2.45. The maximum atomic E-state index is 11.7. The average molecular weight is 229 g/mol. The van der Waals surface area contributed by atoms with E-state index in [-0.39, 0.29) is 11.9 Å². The topological polar surface area (TPSA) is 44.7 Å². The molecule has 1 aliphatic heterocycles. The summed E-state index contributed by atoms with van der Waals surface area (Å²) in [6.45, 7) is 5.47. The Morgan fingerprint density at radius 3 is 3.00 bits per heavy atom. The van der Waals surface area contributed by atoms with Crippen LogP contribution in [0.3, 0.4) is 0 Å². The molecule has 0 radical (unpaired) electrons. The predicted octanol–water partition coefficient (Wildman–Crippen LogP) is 0.936. The Bertz CT molecular complexity index is 255. The molecule has 5 heteroatoms. The predicted molar refractivity (Wildman–Crippen MR) is 65.3 cm³/mol. The Kier molecular flexibility index (Phi) is 4.94. The van der Waals surface area contributed by atoms with Crippen LogP contribution < -0.4 is 5.32 Å². The van der Waals surface area contributed by atoms with Gasteiger partial charge in [-0.1, -0.05) is 11.8 Å². The van der Waals surface area contributed by atoms with Crippen molar-refractivity contribution in [2.24, 2.45) is 4.99 Å². The number of carbonyl (C=O) groups is 1. The monoisotopic (exact) mass is 229 g/mol. The van der Waals surface area contributed by atoms with Gasteiger partial charge in [-0.15, -0.1) is 0 Å². The molecule has 0 aromatic heterocycles. The Labute approximate surface area is 95.5 Å². The molecule has 15 heavy (non-hydrogen) atoms. The molecule has 0 saturated heterocycles. The van der Waals surface area contributed by atoms with Crippen molar-refractivity contribution in [1.82, 2.24) is 10.2 Å². The van der Waals surface area contributed by atoms with Crippen LogP contribution in [0.25, 0.3) is 0 Å². The molecule has 1 amide bonds. The summed E-state index contributed by atoms with van der Waals surface area (Å²) < 4.78 is 0. The van der Waals surface area contributed by atoms with Gasteiger partial charge in [0.2, 0.25) is 5.91 Å². The van der Waals surface area contributed by atoms with Crippen LogP contribution in [0.15, 0.2) is 4.99 Å². The van der Waals surface area contributed by atoms with Crippen molar-refractivity contribution in [3.63, 3.8) is 0 Å². The molecular weight excluding hydrogens is 210 g/mol. The van der Waals surface area contributed by atoms with Gasteiger partial charge in [-0.2, -0.15) is 0 Å². The van der Waals surface area contributed by atoms with Gasteiger partial charge in [-0.25, -0.2) is 0 Å². The molecule has 86 valence electrons. The lowest BCUT2D eigenvalue weighted by molar-refractivity contribution is -0.131. The Balaban J connectivity index is 2.43. The first-order valence-corrected chi connectivity index (χ1v) is 6.32. The first kappa shape index (κ1) is 12.4. The normalized spacial score (nSPS) is 17.9. The van der Waals surface area contributed by atoms with Gasteiger partial charge in [0.25, 0.3) is 0 Å². The quantitative estimate of drug-likeness (QED) is 0.783. The fraction of sp³-hybridized carbons (Fsp3) is 0.800. The fourth-order valence-corrected chi connectivity index (χ4v) is 2.19. The van der Waals surface area contributed by atoms with Crippen LogP contribution in [0, 0.1) is 0 Å². The van der Waals surface area contributed by atoms with Crippen LogP contribution in [0.5, 0.6) is 0 Å². The molecule has 1 N–H and O–H groups in total. The fourth-order valence-electron chi connectivity index (χ4n) is 1.28. The van der Waals surface area contributed by atoms with Crippen LogP contribution in [0.4, 0.5) is 0 Å². The smallest absolute Gasteiger partial charge is 0.244 e. The minimum atomic E-state index is -0.181. The molecule has 0 aromatic rings. The second-order valence-electron chi connectivity index (χ2n) is 3.61. The third-order valence-electron chi connectivity index (χ3n) is 2.36. The second-order valence-corrected chi connectivity index (χ2v) is 4.69. The summed E-state index contributed by atoms with van der Waals surface area (Å²) in [7, 11) is 1.82. The van der Waals surface area contributed by atoms with Crippen molar-refractivity contribution in [2.45, 2.75) is 26.3 Å². The zero-order valence-electron chi connectivity index (χ0n) is 9.62. The van der Waals surface area contributed by atoms with Gasteiger partial charge < -0.3 is 10.2 Å². The van der Waals surface area contributed by atoms with Crippen molar-refractivity contribution < 1.29 is 4.79 Å². The number of hydrogen-bond donors (Lipinski definition) is 1. The summed E-state index contributed by atoms with van der Waals surface area (Å²) in [6, 6.07) is -0.181. The van der Waals surface area contributed by atoms with Crippen LogP contribution >= 0.6 is 11.8 Å². The van der Waals surface area contributed by atoms with Crippen LogP contribution in [-0.2, 0) is 4.79 Å². The van der Waals surface area contributed by atoms with E-state index in [0.29, 0.717) is 0 Å². The minimum absolute atomic E-state index is 0.117. The largest absolute Gasteiger partial charge is 0.353 e. The van der Waals surface area contributed by atoms with E-state index in [0.717, 1.165) is 30.4 Å². The summed E-state index contributed by atoms with van der Waals surface area (Å²) in [5.74, 6) is 1.21. The van der Waals surface area contributed by atoms with Gasteiger partial charge >= 0.3 is 0 Å². The number of carbonyl (C=O) groups excluding carboxylic acids is 1. The van der Waals surface area contributed by atoms with E-state index in [4.69, 9.17) is 0 Å². The van der Waals surface area contributed by atoms with E-state index in [1.807, 2.05) is 20.9 Å². The summed E-state index contributed by atoms with van der Waals surface area (Å²) in [6.07, 6.45) is 1.13. The zero-order chi connectivity index (χ0) is 11.3. The molecule has 1 unspecified atom stereocenters. The molecule has 4 nitrogen and oxygen atoms in total. The third kappa shape index (κ3) is 3.74. The summed E-state index contributed by atoms with van der Waals surface area (Å²) >= 11 is 1.70.